The first kappa shape index (κ1) is 15.7. The predicted octanol–water partition coefficient (Wildman–Crippen LogP) is 1.98. The Bertz CT molecular complexity index is 284. The van der Waals surface area contributed by atoms with Gasteiger partial charge in [0.2, 0.25) is 0 Å². The Balaban J connectivity index is 4.23. The number of nitrogens with zero attached hydrogens (tertiary/aromatic N) is 2. The van der Waals surface area contributed by atoms with Crippen LogP contribution in [0, 0.1) is 17.2 Å². The highest BCUT2D eigenvalue weighted by molar-refractivity contribution is 5.80. The van der Waals surface area contributed by atoms with Crippen LogP contribution in [0.4, 0.5) is 0 Å². The van der Waals surface area contributed by atoms with Gasteiger partial charge in [-0.1, -0.05) is 6.08 Å². The minimum absolute atomic E-state index is 0.0568. The lowest BCUT2D eigenvalue weighted by Crippen LogP contribution is -2.41. The SMILES string of the molecule is C=CCCO[C@@H](C)C(=O)N(CC)C[C@H](C)C#N. The first-order valence-electron chi connectivity index (χ1n) is 5.97. The van der Waals surface area contributed by atoms with Crippen molar-refractivity contribution in [1.82, 2.24) is 4.90 Å². The molecule has 96 valence electrons. The highest BCUT2D eigenvalue weighted by atomic mass is 16.5. The summed E-state index contributed by atoms with van der Waals surface area (Å²) >= 11 is 0. The summed E-state index contributed by atoms with van der Waals surface area (Å²) in [5.41, 5.74) is 0. The Hall–Kier alpha value is -1.34. The maximum atomic E-state index is 12.0. The molecule has 0 aliphatic rings. The van der Waals surface area contributed by atoms with Gasteiger partial charge in [0.25, 0.3) is 5.91 Å². The maximum absolute atomic E-state index is 12.0. The van der Waals surface area contributed by atoms with E-state index in [4.69, 9.17) is 10.00 Å². The van der Waals surface area contributed by atoms with Crippen LogP contribution in [-0.2, 0) is 9.53 Å². The topological polar surface area (TPSA) is 53.3 Å². The molecular weight excluding hydrogens is 216 g/mol. The number of rotatable bonds is 8. The van der Waals surface area contributed by atoms with Gasteiger partial charge < -0.3 is 9.64 Å². The second-order valence-electron chi connectivity index (χ2n) is 4.00. The van der Waals surface area contributed by atoms with Gasteiger partial charge in [-0.05, 0) is 27.2 Å². The van der Waals surface area contributed by atoms with Crippen LogP contribution in [0.3, 0.4) is 0 Å². The zero-order chi connectivity index (χ0) is 13.3. The highest BCUT2D eigenvalue weighted by Gasteiger charge is 2.21. The summed E-state index contributed by atoms with van der Waals surface area (Å²) in [6.45, 7) is 10.6. The second-order valence-corrected chi connectivity index (χ2v) is 4.00. The average Bonchev–Trinajstić information content (AvgIpc) is 2.34. The number of ether oxygens (including phenoxy) is 1. The number of carbonyl (C=O) groups is 1. The van der Waals surface area contributed by atoms with Gasteiger partial charge in [-0.15, -0.1) is 6.58 Å². The van der Waals surface area contributed by atoms with Crippen molar-refractivity contribution < 1.29 is 9.53 Å². The quantitative estimate of drug-likeness (QED) is 0.480. The summed E-state index contributed by atoms with van der Waals surface area (Å²) in [5.74, 6) is -0.210. The van der Waals surface area contributed by atoms with Gasteiger partial charge in [0, 0.05) is 13.1 Å². The summed E-state index contributed by atoms with van der Waals surface area (Å²) in [4.78, 5) is 13.6. The summed E-state index contributed by atoms with van der Waals surface area (Å²) in [6.07, 6.45) is 2.03. The lowest BCUT2D eigenvalue weighted by Gasteiger charge is -2.25. The zero-order valence-electron chi connectivity index (χ0n) is 11.0. The molecule has 0 aromatic rings. The fraction of sp³-hybridized carbons (Fsp3) is 0.692. The number of carbonyl (C=O) groups excluding carboxylic acids is 1. The van der Waals surface area contributed by atoms with Crippen molar-refractivity contribution in [3.05, 3.63) is 12.7 Å². The summed E-state index contributed by atoms with van der Waals surface area (Å²) < 4.78 is 5.40. The van der Waals surface area contributed by atoms with Crippen molar-refractivity contribution in [1.29, 1.82) is 5.26 Å². The van der Waals surface area contributed by atoms with E-state index in [1.165, 1.54) is 0 Å². The van der Waals surface area contributed by atoms with Crippen molar-refractivity contribution in [2.24, 2.45) is 5.92 Å². The van der Waals surface area contributed by atoms with Crippen LogP contribution >= 0.6 is 0 Å². The largest absolute Gasteiger partial charge is 0.368 e. The second kappa shape index (κ2) is 8.77. The van der Waals surface area contributed by atoms with E-state index in [1.807, 2.05) is 6.92 Å². The maximum Gasteiger partial charge on any atom is 0.251 e. The molecule has 0 unspecified atom stereocenters. The van der Waals surface area contributed by atoms with Gasteiger partial charge in [-0.3, -0.25) is 4.79 Å². The van der Waals surface area contributed by atoms with Crippen LogP contribution in [-0.4, -0.2) is 36.6 Å². The average molecular weight is 238 g/mol. The molecule has 2 atom stereocenters. The normalized spacial score (nSPS) is 13.5. The van der Waals surface area contributed by atoms with Gasteiger partial charge in [0.05, 0.1) is 18.6 Å². The Morgan fingerprint density at radius 1 is 1.59 bits per heavy atom. The van der Waals surface area contributed by atoms with E-state index in [0.29, 0.717) is 19.7 Å². The van der Waals surface area contributed by atoms with Crippen molar-refractivity contribution >= 4 is 5.91 Å². The molecule has 0 rings (SSSR count). The Kier molecular flexibility index (Phi) is 8.08. The first-order valence-corrected chi connectivity index (χ1v) is 5.97. The van der Waals surface area contributed by atoms with E-state index in [0.717, 1.165) is 6.42 Å². The zero-order valence-corrected chi connectivity index (χ0v) is 11.0. The summed E-state index contributed by atoms with van der Waals surface area (Å²) in [7, 11) is 0. The number of hydrogen-bond acceptors (Lipinski definition) is 3. The molecule has 0 aliphatic heterocycles. The third kappa shape index (κ3) is 6.08. The molecule has 0 spiro atoms. The summed E-state index contributed by atoms with van der Waals surface area (Å²) in [5, 5.41) is 8.74. The number of nitriles is 1. The van der Waals surface area contributed by atoms with Gasteiger partial charge in [0.1, 0.15) is 6.10 Å². The van der Waals surface area contributed by atoms with E-state index in [-0.39, 0.29) is 11.8 Å². The van der Waals surface area contributed by atoms with E-state index in [1.54, 1.807) is 24.8 Å². The minimum Gasteiger partial charge on any atom is -0.368 e. The van der Waals surface area contributed by atoms with Crippen molar-refractivity contribution in [2.75, 3.05) is 19.7 Å². The van der Waals surface area contributed by atoms with Gasteiger partial charge in [0.15, 0.2) is 0 Å². The summed E-state index contributed by atoms with van der Waals surface area (Å²) in [6, 6.07) is 2.13. The molecule has 4 nitrogen and oxygen atoms in total. The molecule has 0 aromatic heterocycles. The van der Waals surface area contributed by atoms with Crippen LogP contribution in [0.5, 0.6) is 0 Å². The van der Waals surface area contributed by atoms with E-state index >= 15 is 0 Å². The van der Waals surface area contributed by atoms with Crippen LogP contribution in [0.15, 0.2) is 12.7 Å². The molecular formula is C13H22N2O2. The lowest BCUT2D eigenvalue weighted by molar-refractivity contribution is -0.142. The fourth-order valence-corrected chi connectivity index (χ4v) is 1.40. The highest BCUT2D eigenvalue weighted by Crippen LogP contribution is 2.04. The Morgan fingerprint density at radius 2 is 2.24 bits per heavy atom. The fourth-order valence-electron chi connectivity index (χ4n) is 1.40. The van der Waals surface area contributed by atoms with Crippen molar-refractivity contribution in [2.45, 2.75) is 33.3 Å². The minimum atomic E-state index is -0.458. The van der Waals surface area contributed by atoms with Gasteiger partial charge in [-0.2, -0.15) is 5.26 Å². The van der Waals surface area contributed by atoms with Gasteiger partial charge in [-0.25, -0.2) is 0 Å². The van der Waals surface area contributed by atoms with Crippen LogP contribution in [0.25, 0.3) is 0 Å². The molecule has 0 N–H and O–H groups in total. The molecule has 17 heavy (non-hydrogen) atoms. The van der Waals surface area contributed by atoms with E-state index in [9.17, 15) is 4.79 Å². The Labute approximate surface area is 104 Å². The molecule has 4 heteroatoms. The number of hydrogen-bond donors (Lipinski definition) is 0. The monoisotopic (exact) mass is 238 g/mol. The van der Waals surface area contributed by atoms with Crippen LogP contribution in [0.2, 0.25) is 0 Å². The Morgan fingerprint density at radius 3 is 2.71 bits per heavy atom. The number of amides is 1. The molecule has 0 saturated carbocycles. The molecule has 0 radical (unpaired) electrons. The molecule has 0 aromatic carbocycles. The van der Waals surface area contributed by atoms with Crippen molar-refractivity contribution in [3.63, 3.8) is 0 Å². The van der Waals surface area contributed by atoms with Gasteiger partial charge >= 0.3 is 0 Å². The lowest BCUT2D eigenvalue weighted by atomic mass is 10.2. The standard InChI is InChI=1S/C13H22N2O2/c1-5-7-8-17-12(4)13(16)15(6-2)10-11(3)9-14/h5,11-12H,1,6-8,10H2,2-4H3/t11-,12+/m1/s1. The molecule has 0 fully saturated rings. The third-order valence-corrected chi connectivity index (χ3v) is 2.45. The smallest absolute Gasteiger partial charge is 0.251 e. The first-order chi connectivity index (χ1) is 8.06. The molecule has 0 saturated heterocycles. The molecule has 0 heterocycles. The van der Waals surface area contributed by atoms with E-state index in [2.05, 4.69) is 12.6 Å². The van der Waals surface area contributed by atoms with Crippen LogP contribution < -0.4 is 0 Å². The molecule has 0 bridgehead atoms. The third-order valence-electron chi connectivity index (χ3n) is 2.45. The van der Waals surface area contributed by atoms with Crippen molar-refractivity contribution in [3.8, 4) is 6.07 Å². The molecule has 1 amide bonds. The van der Waals surface area contributed by atoms with Crippen LogP contribution in [0.1, 0.15) is 27.2 Å². The van der Waals surface area contributed by atoms with E-state index < -0.39 is 6.10 Å². The molecule has 0 aliphatic carbocycles. The number of likely N-dealkylation sites (N-methyl/N-ethyl adjacent to an activating group) is 1. The predicted molar refractivity (Wildman–Crippen MR) is 67.3 cm³/mol.